The maximum Gasteiger partial charge on any atom is 0.115 e. The SMILES string of the molecule is Oc1ccc2c(c1)CC1NCCOC21. The number of morpholine rings is 1. The molecule has 1 aromatic rings. The smallest absolute Gasteiger partial charge is 0.115 e. The second-order valence-electron chi connectivity index (χ2n) is 3.94. The summed E-state index contributed by atoms with van der Waals surface area (Å²) in [6.07, 6.45) is 1.16. The first-order valence-electron chi connectivity index (χ1n) is 5.01. The molecule has 2 N–H and O–H groups in total. The van der Waals surface area contributed by atoms with Crippen molar-refractivity contribution in [2.24, 2.45) is 0 Å². The highest BCUT2D eigenvalue weighted by molar-refractivity contribution is 5.41. The largest absolute Gasteiger partial charge is 0.508 e. The Balaban J connectivity index is 2.01. The second-order valence-corrected chi connectivity index (χ2v) is 3.94. The van der Waals surface area contributed by atoms with Crippen molar-refractivity contribution in [2.45, 2.75) is 18.6 Å². The molecular formula is C11H13NO2. The van der Waals surface area contributed by atoms with Gasteiger partial charge in [0.15, 0.2) is 0 Å². The van der Waals surface area contributed by atoms with E-state index in [-0.39, 0.29) is 6.10 Å². The maximum absolute atomic E-state index is 9.37. The molecule has 2 aliphatic rings. The Hall–Kier alpha value is -1.06. The molecule has 1 saturated heterocycles. The molecule has 14 heavy (non-hydrogen) atoms. The molecule has 1 aliphatic carbocycles. The molecule has 3 rings (SSSR count). The lowest BCUT2D eigenvalue weighted by Gasteiger charge is -2.27. The third-order valence-electron chi connectivity index (χ3n) is 3.04. The summed E-state index contributed by atoms with van der Waals surface area (Å²) >= 11 is 0. The van der Waals surface area contributed by atoms with Crippen LogP contribution in [0.4, 0.5) is 0 Å². The molecule has 74 valence electrons. The molecule has 1 aliphatic heterocycles. The van der Waals surface area contributed by atoms with Crippen LogP contribution in [-0.4, -0.2) is 24.3 Å². The molecule has 3 nitrogen and oxygen atoms in total. The molecule has 0 bridgehead atoms. The van der Waals surface area contributed by atoms with Crippen LogP contribution in [0.5, 0.6) is 5.75 Å². The van der Waals surface area contributed by atoms with Crippen molar-refractivity contribution in [3.63, 3.8) is 0 Å². The van der Waals surface area contributed by atoms with Crippen LogP contribution in [-0.2, 0) is 11.2 Å². The van der Waals surface area contributed by atoms with Crippen molar-refractivity contribution in [3.05, 3.63) is 29.3 Å². The summed E-state index contributed by atoms with van der Waals surface area (Å²) in [4.78, 5) is 0. The molecular weight excluding hydrogens is 178 g/mol. The van der Waals surface area contributed by atoms with E-state index in [4.69, 9.17) is 4.74 Å². The minimum Gasteiger partial charge on any atom is -0.508 e. The summed E-state index contributed by atoms with van der Waals surface area (Å²) in [6, 6.07) is 5.96. The number of rotatable bonds is 0. The summed E-state index contributed by atoms with van der Waals surface area (Å²) in [6.45, 7) is 1.71. The van der Waals surface area contributed by atoms with E-state index in [0.717, 1.165) is 19.6 Å². The van der Waals surface area contributed by atoms with Crippen LogP contribution in [0.25, 0.3) is 0 Å². The lowest BCUT2D eigenvalue weighted by atomic mass is 10.1. The average molecular weight is 191 g/mol. The number of fused-ring (bicyclic) bond motifs is 3. The molecule has 1 heterocycles. The van der Waals surface area contributed by atoms with Crippen molar-refractivity contribution in [1.82, 2.24) is 5.32 Å². The van der Waals surface area contributed by atoms with E-state index in [1.807, 2.05) is 12.1 Å². The Morgan fingerprint density at radius 3 is 3.29 bits per heavy atom. The first-order chi connectivity index (χ1) is 6.84. The van der Waals surface area contributed by atoms with E-state index in [9.17, 15) is 5.11 Å². The van der Waals surface area contributed by atoms with Gasteiger partial charge in [0.1, 0.15) is 5.75 Å². The Morgan fingerprint density at radius 1 is 1.43 bits per heavy atom. The summed E-state index contributed by atoms with van der Waals surface area (Å²) in [5.41, 5.74) is 2.45. The van der Waals surface area contributed by atoms with Crippen LogP contribution in [0.15, 0.2) is 18.2 Å². The minimum absolute atomic E-state index is 0.194. The first-order valence-corrected chi connectivity index (χ1v) is 5.01. The van der Waals surface area contributed by atoms with Crippen molar-refractivity contribution in [3.8, 4) is 5.75 Å². The van der Waals surface area contributed by atoms with Crippen LogP contribution in [0.2, 0.25) is 0 Å². The van der Waals surface area contributed by atoms with Gasteiger partial charge in [-0.1, -0.05) is 6.07 Å². The van der Waals surface area contributed by atoms with E-state index in [0.29, 0.717) is 11.8 Å². The summed E-state index contributed by atoms with van der Waals surface area (Å²) in [5, 5.41) is 12.8. The predicted octanol–water partition coefficient (Wildman–Crippen LogP) is 0.978. The lowest BCUT2D eigenvalue weighted by molar-refractivity contribution is 0.00358. The van der Waals surface area contributed by atoms with Crippen molar-refractivity contribution >= 4 is 0 Å². The van der Waals surface area contributed by atoms with Gasteiger partial charge in [0.25, 0.3) is 0 Å². The summed E-state index contributed by atoms with van der Waals surface area (Å²) in [7, 11) is 0. The van der Waals surface area contributed by atoms with Crippen molar-refractivity contribution < 1.29 is 9.84 Å². The normalized spacial score (nSPS) is 29.7. The van der Waals surface area contributed by atoms with Gasteiger partial charge >= 0.3 is 0 Å². The van der Waals surface area contributed by atoms with Gasteiger partial charge in [0.05, 0.1) is 12.7 Å². The van der Waals surface area contributed by atoms with Crippen LogP contribution in [0.3, 0.4) is 0 Å². The van der Waals surface area contributed by atoms with Gasteiger partial charge in [0.2, 0.25) is 0 Å². The monoisotopic (exact) mass is 191 g/mol. The summed E-state index contributed by atoms with van der Waals surface area (Å²) in [5.74, 6) is 0.349. The molecule has 0 saturated carbocycles. The van der Waals surface area contributed by atoms with Gasteiger partial charge in [-0.15, -0.1) is 0 Å². The quantitative estimate of drug-likeness (QED) is 0.642. The molecule has 1 aromatic carbocycles. The van der Waals surface area contributed by atoms with Crippen molar-refractivity contribution in [2.75, 3.05) is 13.2 Å². The van der Waals surface area contributed by atoms with Crippen LogP contribution in [0, 0.1) is 0 Å². The number of benzene rings is 1. The number of hydrogen-bond acceptors (Lipinski definition) is 3. The average Bonchev–Trinajstić information content (AvgIpc) is 2.54. The first kappa shape index (κ1) is 8.26. The fourth-order valence-corrected chi connectivity index (χ4v) is 2.42. The number of phenolic OH excluding ortho intramolecular Hbond substituents is 1. The number of hydrogen-bond donors (Lipinski definition) is 2. The fraction of sp³-hybridized carbons (Fsp3) is 0.455. The highest BCUT2D eigenvalue weighted by atomic mass is 16.5. The third kappa shape index (κ3) is 1.13. The molecule has 3 heteroatoms. The summed E-state index contributed by atoms with van der Waals surface area (Å²) < 4.78 is 5.72. The topological polar surface area (TPSA) is 41.5 Å². The number of ether oxygens (including phenoxy) is 1. The predicted molar refractivity (Wildman–Crippen MR) is 52.3 cm³/mol. The Bertz CT molecular complexity index is 364. The zero-order valence-corrected chi connectivity index (χ0v) is 7.86. The fourth-order valence-electron chi connectivity index (χ4n) is 2.42. The zero-order chi connectivity index (χ0) is 9.54. The van der Waals surface area contributed by atoms with E-state index < -0.39 is 0 Å². The van der Waals surface area contributed by atoms with Gasteiger partial charge in [-0.25, -0.2) is 0 Å². The van der Waals surface area contributed by atoms with Crippen molar-refractivity contribution in [1.29, 1.82) is 0 Å². The van der Waals surface area contributed by atoms with E-state index >= 15 is 0 Å². The van der Waals surface area contributed by atoms with Gasteiger partial charge < -0.3 is 15.2 Å². The third-order valence-corrected chi connectivity index (χ3v) is 3.04. The standard InChI is InChI=1S/C11H13NO2/c13-8-1-2-9-7(5-8)6-10-11(9)14-4-3-12-10/h1-2,5,10-13H,3-4,6H2. The molecule has 1 fully saturated rings. The molecule has 0 amide bonds. The van der Waals surface area contributed by atoms with Crippen LogP contribution in [0.1, 0.15) is 17.2 Å². The van der Waals surface area contributed by atoms with Gasteiger partial charge in [-0.05, 0) is 29.7 Å². The van der Waals surface area contributed by atoms with Gasteiger partial charge in [-0.2, -0.15) is 0 Å². The maximum atomic E-state index is 9.37. The number of aromatic hydroxyl groups is 1. The van der Waals surface area contributed by atoms with E-state index in [1.54, 1.807) is 6.07 Å². The minimum atomic E-state index is 0.194. The number of nitrogens with one attached hydrogen (secondary N) is 1. The molecule has 0 spiro atoms. The highest BCUT2D eigenvalue weighted by Gasteiger charge is 2.35. The Labute approximate surface area is 82.7 Å². The van der Waals surface area contributed by atoms with E-state index in [1.165, 1.54) is 11.1 Å². The lowest BCUT2D eigenvalue weighted by Crippen LogP contribution is -2.41. The van der Waals surface area contributed by atoms with Crippen LogP contribution < -0.4 is 5.32 Å². The van der Waals surface area contributed by atoms with E-state index in [2.05, 4.69) is 5.32 Å². The molecule has 2 atom stereocenters. The number of phenols is 1. The highest BCUT2D eigenvalue weighted by Crippen LogP contribution is 2.37. The van der Waals surface area contributed by atoms with Gasteiger partial charge in [0, 0.05) is 12.6 Å². The van der Waals surface area contributed by atoms with Gasteiger partial charge in [-0.3, -0.25) is 0 Å². The molecule has 2 unspecified atom stereocenters. The molecule has 0 aromatic heterocycles. The Morgan fingerprint density at radius 2 is 2.36 bits per heavy atom. The second kappa shape index (κ2) is 2.97. The molecule has 0 radical (unpaired) electrons. The van der Waals surface area contributed by atoms with Crippen LogP contribution >= 0.6 is 0 Å². The Kier molecular flexibility index (Phi) is 1.75. The zero-order valence-electron chi connectivity index (χ0n) is 7.86.